The Balaban J connectivity index is 1.93. The second-order valence-corrected chi connectivity index (χ2v) is 7.19. The molecule has 0 amide bonds. The summed E-state index contributed by atoms with van der Waals surface area (Å²) < 4.78 is 4.76. The van der Waals surface area contributed by atoms with Gasteiger partial charge in [0.25, 0.3) is 0 Å². The second kappa shape index (κ2) is 7.05. The summed E-state index contributed by atoms with van der Waals surface area (Å²) in [4.78, 5) is 22.5. The summed E-state index contributed by atoms with van der Waals surface area (Å²) in [6.07, 6.45) is -1.36. The Hall–Kier alpha value is -3.68. The fraction of sp³-hybridized carbons (Fsp3) is 0.238. The van der Waals surface area contributed by atoms with Gasteiger partial charge in [-0.3, -0.25) is 5.10 Å². The predicted octanol–water partition coefficient (Wildman–Crippen LogP) is 4.38. The van der Waals surface area contributed by atoms with Crippen LogP contribution in [0.2, 0.25) is 0 Å². The summed E-state index contributed by atoms with van der Waals surface area (Å²) in [6.45, 7) is 6.10. The maximum absolute atomic E-state index is 10.8. The van der Waals surface area contributed by atoms with Crippen LogP contribution in [0.5, 0.6) is 5.75 Å². The monoisotopic (exact) mass is 391 g/mol. The van der Waals surface area contributed by atoms with Gasteiger partial charge in [0.15, 0.2) is 5.82 Å². The highest BCUT2D eigenvalue weighted by Crippen LogP contribution is 2.33. The minimum Gasteiger partial charge on any atom is -0.449 e. The van der Waals surface area contributed by atoms with Crippen molar-refractivity contribution in [3.05, 3.63) is 42.1 Å². The van der Waals surface area contributed by atoms with Gasteiger partial charge in [-0.25, -0.2) is 14.8 Å². The number of ether oxygens (including phenoxy) is 1. The van der Waals surface area contributed by atoms with E-state index in [0.29, 0.717) is 16.9 Å². The molecule has 2 heterocycles. The first kappa shape index (κ1) is 18.7. The molecule has 148 valence electrons. The number of carbonyl (C=O) groups is 1. The maximum atomic E-state index is 10.8. The number of carboxylic acid groups (broad SMARTS) is 1. The van der Waals surface area contributed by atoms with Crippen LogP contribution in [0, 0.1) is 6.92 Å². The molecule has 2 N–H and O–H groups in total. The van der Waals surface area contributed by atoms with Crippen molar-refractivity contribution in [2.24, 2.45) is 0 Å². The zero-order valence-electron chi connectivity index (χ0n) is 16.6. The van der Waals surface area contributed by atoms with E-state index in [0.717, 1.165) is 27.9 Å². The van der Waals surface area contributed by atoms with Gasteiger partial charge in [0.2, 0.25) is 0 Å². The smallest absolute Gasteiger partial charge is 0.449 e. The Morgan fingerprint density at radius 1 is 1.14 bits per heavy atom. The van der Waals surface area contributed by atoms with Crippen LogP contribution in [0.4, 0.5) is 10.6 Å². The normalized spacial score (nSPS) is 11.3. The largest absolute Gasteiger partial charge is 0.511 e. The summed E-state index contributed by atoms with van der Waals surface area (Å²) in [5.74, 6) is 0.918. The number of rotatable bonds is 4. The Kier molecular flexibility index (Phi) is 4.54. The topological polar surface area (TPSA) is 104 Å². The van der Waals surface area contributed by atoms with Crippen LogP contribution >= 0.6 is 0 Å². The van der Waals surface area contributed by atoms with Gasteiger partial charge in [0, 0.05) is 30.1 Å². The third-order valence-electron chi connectivity index (χ3n) is 4.96. The molecule has 0 spiro atoms. The lowest BCUT2D eigenvalue weighted by molar-refractivity contribution is 0.144. The molecule has 8 heteroatoms. The number of hydrogen-bond donors (Lipinski definition) is 2. The van der Waals surface area contributed by atoms with Gasteiger partial charge in [-0.05, 0) is 45.0 Å². The van der Waals surface area contributed by atoms with Crippen LogP contribution in [0.15, 0.2) is 36.4 Å². The molecule has 2 aromatic carbocycles. The van der Waals surface area contributed by atoms with Crippen LogP contribution in [0.1, 0.15) is 19.5 Å². The summed E-state index contributed by atoms with van der Waals surface area (Å²) in [7, 11) is 1.96. The molecule has 0 bridgehead atoms. The molecule has 0 radical (unpaired) electrons. The van der Waals surface area contributed by atoms with E-state index in [-0.39, 0.29) is 11.8 Å². The number of aromatic amines is 1. The molecule has 4 rings (SSSR count). The number of anilines is 1. The van der Waals surface area contributed by atoms with Crippen LogP contribution in [-0.4, -0.2) is 44.5 Å². The lowest BCUT2D eigenvalue weighted by Crippen LogP contribution is -2.27. The van der Waals surface area contributed by atoms with E-state index in [9.17, 15) is 4.79 Å². The van der Waals surface area contributed by atoms with Crippen LogP contribution < -0.4 is 9.64 Å². The summed E-state index contributed by atoms with van der Waals surface area (Å²) in [5, 5.41) is 17.2. The molecule has 0 aliphatic rings. The predicted molar refractivity (Wildman–Crippen MR) is 112 cm³/mol. The zero-order valence-corrected chi connectivity index (χ0v) is 16.6. The van der Waals surface area contributed by atoms with E-state index >= 15 is 0 Å². The summed E-state index contributed by atoms with van der Waals surface area (Å²) >= 11 is 0. The highest BCUT2D eigenvalue weighted by molar-refractivity contribution is 5.90. The fourth-order valence-electron chi connectivity index (χ4n) is 3.17. The van der Waals surface area contributed by atoms with Crippen molar-refractivity contribution in [3.63, 3.8) is 0 Å². The van der Waals surface area contributed by atoms with Gasteiger partial charge < -0.3 is 14.7 Å². The van der Waals surface area contributed by atoms with Crippen molar-refractivity contribution in [2.45, 2.75) is 26.8 Å². The number of fused-ring (bicyclic) bond motifs is 2. The van der Waals surface area contributed by atoms with E-state index in [2.05, 4.69) is 30.1 Å². The molecule has 0 fully saturated rings. The van der Waals surface area contributed by atoms with E-state index in [4.69, 9.17) is 19.8 Å². The van der Waals surface area contributed by atoms with Crippen LogP contribution in [0.3, 0.4) is 0 Å². The van der Waals surface area contributed by atoms with E-state index in [1.807, 2.05) is 31.0 Å². The number of aryl methyl sites for hydroxylation is 1. The standard InChI is InChI=1S/C21H21N5O3/c1-11(2)26(4)20-19(13-5-7-16-15(9-13)12(3)24-25-16)22-17-8-6-14(29-21(27)28)10-18(17)23-20/h5-11H,1-4H3,(H,24,25)(H,27,28). The molecule has 8 nitrogen and oxygen atoms in total. The van der Waals surface area contributed by atoms with Crippen molar-refractivity contribution >= 4 is 33.9 Å². The third kappa shape index (κ3) is 3.44. The number of H-pyrrole nitrogens is 1. The molecule has 0 aliphatic heterocycles. The average molecular weight is 391 g/mol. The van der Waals surface area contributed by atoms with Crippen molar-refractivity contribution in [2.75, 3.05) is 11.9 Å². The Morgan fingerprint density at radius 3 is 2.66 bits per heavy atom. The van der Waals surface area contributed by atoms with Crippen molar-refractivity contribution < 1.29 is 14.6 Å². The van der Waals surface area contributed by atoms with E-state index in [1.54, 1.807) is 18.2 Å². The third-order valence-corrected chi connectivity index (χ3v) is 4.96. The Bertz CT molecular complexity index is 1230. The van der Waals surface area contributed by atoms with E-state index < -0.39 is 6.16 Å². The number of hydrogen-bond acceptors (Lipinski definition) is 6. The molecular weight excluding hydrogens is 370 g/mol. The minimum atomic E-state index is -1.36. The van der Waals surface area contributed by atoms with Crippen molar-refractivity contribution in [1.82, 2.24) is 20.2 Å². The lowest BCUT2D eigenvalue weighted by Gasteiger charge is -2.25. The lowest BCUT2D eigenvalue weighted by atomic mass is 10.1. The number of aromatic nitrogens is 4. The molecule has 2 aromatic heterocycles. The highest BCUT2D eigenvalue weighted by atomic mass is 16.7. The molecular formula is C21H21N5O3. The molecule has 0 saturated carbocycles. The van der Waals surface area contributed by atoms with Gasteiger partial charge in [-0.15, -0.1) is 0 Å². The molecule has 0 unspecified atom stereocenters. The molecule has 0 aliphatic carbocycles. The molecule has 0 saturated heterocycles. The van der Waals surface area contributed by atoms with Crippen molar-refractivity contribution in [1.29, 1.82) is 0 Å². The van der Waals surface area contributed by atoms with Gasteiger partial charge in [0.1, 0.15) is 11.4 Å². The summed E-state index contributed by atoms with van der Waals surface area (Å²) in [6, 6.07) is 11.1. The van der Waals surface area contributed by atoms with E-state index in [1.165, 1.54) is 0 Å². The molecule has 29 heavy (non-hydrogen) atoms. The first-order valence-corrected chi connectivity index (χ1v) is 9.24. The minimum absolute atomic E-state index is 0.193. The first-order chi connectivity index (χ1) is 13.8. The Morgan fingerprint density at radius 2 is 1.93 bits per heavy atom. The van der Waals surface area contributed by atoms with Crippen LogP contribution in [-0.2, 0) is 0 Å². The highest BCUT2D eigenvalue weighted by Gasteiger charge is 2.18. The number of benzene rings is 2. The van der Waals surface area contributed by atoms with Gasteiger partial charge >= 0.3 is 6.16 Å². The number of nitrogens with one attached hydrogen (secondary N) is 1. The molecule has 4 aromatic rings. The first-order valence-electron chi connectivity index (χ1n) is 9.24. The fourth-order valence-corrected chi connectivity index (χ4v) is 3.17. The van der Waals surface area contributed by atoms with Crippen LogP contribution in [0.25, 0.3) is 33.2 Å². The Labute approximate surface area is 167 Å². The summed E-state index contributed by atoms with van der Waals surface area (Å²) in [5.41, 5.74) is 4.80. The molecule has 0 atom stereocenters. The SMILES string of the molecule is Cc1n[nH]c2ccc(-c3nc4ccc(OC(=O)O)cc4nc3N(C)C(C)C)cc12. The second-order valence-electron chi connectivity index (χ2n) is 7.19. The maximum Gasteiger partial charge on any atom is 0.511 e. The quantitative estimate of drug-likeness (QED) is 0.393. The van der Waals surface area contributed by atoms with Gasteiger partial charge in [-0.1, -0.05) is 6.07 Å². The zero-order chi connectivity index (χ0) is 20.7. The van der Waals surface area contributed by atoms with Gasteiger partial charge in [-0.2, -0.15) is 5.10 Å². The van der Waals surface area contributed by atoms with Crippen molar-refractivity contribution in [3.8, 4) is 17.0 Å². The number of nitrogens with zero attached hydrogens (tertiary/aromatic N) is 4. The van der Waals surface area contributed by atoms with Gasteiger partial charge in [0.05, 0.1) is 22.2 Å². The average Bonchev–Trinajstić information content (AvgIpc) is 3.06.